The maximum Gasteiger partial charge on any atom is 0.252 e. The van der Waals surface area contributed by atoms with Crippen LogP contribution in [0.15, 0.2) is 6.07 Å². The summed E-state index contributed by atoms with van der Waals surface area (Å²) in [7, 11) is 0. The topological polar surface area (TPSA) is 94.0 Å². The van der Waals surface area contributed by atoms with Crippen molar-refractivity contribution in [2.45, 2.75) is 40.2 Å². The van der Waals surface area contributed by atoms with E-state index in [0.717, 1.165) is 17.7 Å². The molecule has 1 amide bonds. The third-order valence-corrected chi connectivity index (χ3v) is 2.90. The summed E-state index contributed by atoms with van der Waals surface area (Å²) in [6.07, 6.45) is 0.920. The van der Waals surface area contributed by atoms with Crippen molar-refractivity contribution in [1.82, 2.24) is 4.98 Å². The fourth-order valence-electron chi connectivity index (χ4n) is 2.19. The Labute approximate surface area is 114 Å². The van der Waals surface area contributed by atoms with Crippen LogP contribution in [0.2, 0.25) is 0 Å². The number of hydrogen-bond acceptors (Lipinski definition) is 4. The lowest BCUT2D eigenvalue weighted by Gasteiger charge is -2.17. The zero-order valence-corrected chi connectivity index (χ0v) is 12.2. The monoisotopic (exact) mass is 264 g/mol. The fraction of sp³-hybridized carbons (Fsp3) is 0.571. The molecule has 5 N–H and O–H groups in total. The molecule has 0 fully saturated rings. The van der Waals surface area contributed by atoms with Gasteiger partial charge in [0, 0.05) is 18.3 Å². The number of primary amides is 1. The van der Waals surface area contributed by atoms with Gasteiger partial charge < -0.3 is 16.8 Å². The molecule has 0 saturated heterocycles. The lowest BCUT2D eigenvalue weighted by molar-refractivity contribution is 0.1000. The summed E-state index contributed by atoms with van der Waals surface area (Å²) in [6, 6.07) is 1.88. The molecule has 0 spiro atoms. The first-order chi connectivity index (χ1) is 8.81. The molecule has 0 aliphatic heterocycles. The number of aromatic nitrogens is 1. The number of nitrogens with one attached hydrogen (secondary N) is 1. The molecule has 0 aliphatic carbocycles. The van der Waals surface area contributed by atoms with Crippen molar-refractivity contribution in [3.63, 3.8) is 0 Å². The first kappa shape index (κ1) is 15.4. The highest BCUT2D eigenvalue weighted by Gasteiger charge is 2.15. The predicted octanol–water partition coefficient (Wildman–Crippen LogP) is 1.58. The molecule has 106 valence electrons. The lowest BCUT2D eigenvalue weighted by Crippen LogP contribution is -2.31. The minimum Gasteiger partial charge on any atom is -0.368 e. The van der Waals surface area contributed by atoms with Gasteiger partial charge in [-0.2, -0.15) is 0 Å². The smallest absolute Gasteiger partial charge is 0.252 e. The van der Waals surface area contributed by atoms with Crippen LogP contribution in [0.5, 0.6) is 0 Å². The molecule has 0 saturated carbocycles. The van der Waals surface area contributed by atoms with Crippen molar-refractivity contribution < 1.29 is 4.79 Å². The van der Waals surface area contributed by atoms with E-state index in [9.17, 15) is 4.79 Å². The number of anilines is 1. The van der Waals surface area contributed by atoms with Gasteiger partial charge in [-0.25, -0.2) is 4.98 Å². The van der Waals surface area contributed by atoms with Crippen molar-refractivity contribution in [3.05, 3.63) is 22.9 Å². The second-order valence-electron chi connectivity index (χ2n) is 5.44. The summed E-state index contributed by atoms with van der Waals surface area (Å²) in [6.45, 7) is 8.58. The second-order valence-corrected chi connectivity index (χ2v) is 5.44. The highest BCUT2D eigenvalue weighted by atomic mass is 16.1. The summed E-state index contributed by atoms with van der Waals surface area (Å²) < 4.78 is 0. The number of carbonyl (C=O) groups excluding carboxylic acids is 1. The summed E-state index contributed by atoms with van der Waals surface area (Å²) in [5.74, 6) is 0.605. The zero-order chi connectivity index (χ0) is 14.6. The molecule has 0 bridgehead atoms. The minimum atomic E-state index is -0.468. The van der Waals surface area contributed by atoms with E-state index in [1.54, 1.807) is 0 Å². The van der Waals surface area contributed by atoms with Crippen LogP contribution in [0.1, 0.15) is 41.9 Å². The number of carbonyl (C=O) groups is 1. The van der Waals surface area contributed by atoms with Gasteiger partial charge in [0.15, 0.2) is 0 Å². The number of rotatable bonds is 6. The van der Waals surface area contributed by atoms with Gasteiger partial charge in [-0.1, -0.05) is 13.8 Å². The number of nitrogens with zero attached hydrogens (tertiary/aromatic N) is 1. The highest BCUT2D eigenvalue weighted by molar-refractivity contribution is 5.99. The molecule has 0 aromatic carbocycles. The van der Waals surface area contributed by atoms with Gasteiger partial charge in [0.25, 0.3) is 5.91 Å². The maximum absolute atomic E-state index is 11.5. The summed E-state index contributed by atoms with van der Waals surface area (Å²) >= 11 is 0. The molecular formula is C14H24N4O. The number of pyridine rings is 1. The van der Waals surface area contributed by atoms with Crippen LogP contribution in [-0.4, -0.2) is 23.5 Å². The Bertz CT molecular complexity index is 457. The fourth-order valence-corrected chi connectivity index (χ4v) is 2.19. The Hall–Kier alpha value is -1.62. The number of nitrogens with two attached hydrogens (primary N) is 2. The van der Waals surface area contributed by atoms with Crippen LogP contribution in [0.25, 0.3) is 0 Å². The van der Waals surface area contributed by atoms with Gasteiger partial charge in [0.05, 0.1) is 5.56 Å². The van der Waals surface area contributed by atoms with Crippen molar-refractivity contribution >= 4 is 11.7 Å². The Morgan fingerprint density at radius 2 is 2.05 bits per heavy atom. The van der Waals surface area contributed by atoms with E-state index >= 15 is 0 Å². The van der Waals surface area contributed by atoms with Crippen molar-refractivity contribution in [2.75, 3.05) is 11.9 Å². The van der Waals surface area contributed by atoms with Crippen LogP contribution in [0.3, 0.4) is 0 Å². The average Bonchev–Trinajstić information content (AvgIpc) is 2.23. The standard InChI is InChI=1S/C14H24N4O/c1-8(2)5-11(15)7-17-14-12(13(16)19)9(3)6-10(4)18-14/h6,8,11H,5,7,15H2,1-4H3,(H2,16,19)(H,17,18). The van der Waals surface area contributed by atoms with Crippen LogP contribution >= 0.6 is 0 Å². The van der Waals surface area contributed by atoms with Gasteiger partial charge >= 0.3 is 0 Å². The molecule has 5 heteroatoms. The van der Waals surface area contributed by atoms with Crippen LogP contribution < -0.4 is 16.8 Å². The molecule has 1 aromatic heterocycles. The van der Waals surface area contributed by atoms with E-state index in [-0.39, 0.29) is 6.04 Å². The van der Waals surface area contributed by atoms with Gasteiger partial charge in [-0.15, -0.1) is 0 Å². The van der Waals surface area contributed by atoms with E-state index in [2.05, 4.69) is 24.1 Å². The van der Waals surface area contributed by atoms with Gasteiger partial charge in [-0.05, 0) is 37.8 Å². The van der Waals surface area contributed by atoms with Gasteiger partial charge in [0.2, 0.25) is 0 Å². The molecule has 1 unspecified atom stereocenters. The molecule has 1 heterocycles. The predicted molar refractivity (Wildman–Crippen MR) is 78.1 cm³/mol. The Balaban J connectivity index is 2.85. The van der Waals surface area contributed by atoms with Crippen LogP contribution in [-0.2, 0) is 0 Å². The van der Waals surface area contributed by atoms with Crippen molar-refractivity contribution in [3.8, 4) is 0 Å². The van der Waals surface area contributed by atoms with E-state index in [0.29, 0.717) is 23.8 Å². The molecule has 1 atom stereocenters. The van der Waals surface area contributed by atoms with E-state index < -0.39 is 5.91 Å². The van der Waals surface area contributed by atoms with Crippen LogP contribution in [0.4, 0.5) is 5.82 Å². The first-order valence-electron chi connectivity index (χ1n) is 6.58. The zero-order valence-electron chi connectivity index (χ0n) is 12.2. The Morgan fingerprint density at radius 1 is 1.42 bits per heavy atom. The first-order valence-corrected chi connectivity index (χ1v) is 6.58. The quantitative estimate of drug-likeness (QED) is 0.727. The largest absolute Gasteiger partial charge is 0.368 e. The molecule has 5 nitrogen and oxygen atoms in total. The number of aryl methyl sites for hydroxylation is 2. The number of hydrogen-bond donors (Lipinski definition) is 3. The van der Waals surface area contributed by atoms with E-state index in [4.69, 9.17) is 11.5 Å². The molecule has 0 radical (unpaired) electrons. The summed E-state index contributed by atoms with van der Waals surface area (Å²) in [4.78, 5) is 15.8. The van der Waals surface area contributed by atoms with E-state index in [1.165, 1.54) is 0 Å². The third-order valence-electron chi connectivity index (χ3n) is 2.90. The second kappa shape index (κ2) is 6.52. The summed E-state index contributed by atoms with van der Waals surface area (Å²) in [5, 5.41) is 3.14. The van der Waals surface area contributed by atoms with Crippen molar-refractivity contribution in [1.29, 1.82) is 0 Å². The van der Waals surface area contributed by atoms with Crippen molar-refractivity contribution in [2.24, 2.45) is 17.4 Å². The lowest BCUT2D eigenvalue weighted by atomic mass is 10.0. The van der Waals surface area contributed by atoms with Gasteiger partial charge in [0.1, 0.15) is 5.82 Å². The third kappa shape index (κ3) is 4.52. The molecule has 1 aromatic rings. The highest BCUT2D eigenvalue weighted by Crippen LogP contribution is 2.18. The maximum atomic E-state index is 11.5. The Morgan fingerprint density at radius 3 is 2.58 bits per heavy atom. The Kier molecular flexibility index (Phi) is 5.30. The molecule has 0 aliphatic rings. The number of amides is 1. The van der Waals surface area contributed by atoms with Crippen LogP contribution in [0, 0.1) is 19.8 Å². The average molecular weight is 264 g/mol. The minimum absolute atomic E-state index is 0.0309. The SMILES string of the molecule is Cc1cc(C)c(C(N)=O)c(NCC(N)CC(C)C)n1. The summed E-state index contributed by atoms with van der Waals surface area (Å²) in [5.41, 5.74) is 13.6. The van der Waals surface area contributed by atoms with E-state index in [1.807, 2.05) is 19.9 Å². The van der Waals surface area contributed by atoms with Gasteiger partial charge in [-0.3, -0.25) is 4.79 Å². The molecule has 19 heavy (non-hydrogen) atoms. The molecular weight excluding hydrogens is 240 g/mol. The normalized spacial score (nSPS) is 12.5. The molecule has 1 rings (SSSR count).